The summed E-state index contributed by atoms with van der Waals surface area (Å²) >= 11 is 0. The lowest BCUT2D eigenvalue weighted by Crippen LogP contribution is -2.39. The van der Waals surface area contributed by atoms with Crippen molar-refractivity contribution in [2.24, 2.45) is 13.0 Å². The van der Waals surface area contributed by atoms with Gasteiger partial charge in [-0.25, -0.2) is 4.98 Å². The van der Waals surface area contributed by atoms with Gasteiger partial charge in [-0.05, 0) is 49.4 Å². The number of fused-ring (bicyclic) bond motifs is 1. The van der Waals surface area contributed by atoms with E-state index in [-0.39, 0.29) is 18.1 Å². The van der Waals surface area contributed by atoms with E-state index in [0.29, 0.717) is 11.5 Å². The molecule has 0 spiro atoms. The van der Waals surface area contributed by atoms with Crippen LogP contribution >= 0.6 is 0 Å². The second-order valence-corrected chi connectivity index (χ2v) is 8.33. The van der Waals surface area contributed by atoms with Gasteiger partial charge in [-0.1, -0.05) is 6.07 Å². The number of hydrogen-bond acceptors (Lipinski definition) is 4. The highest BCUT2D eigenvalue weighted by atomic mass is 16.3. The summed E-state index contributed by atoms with van der Waals surface area (Å²) in [6.45, 7) is 5.72. The largest absolute Gasteiger partial charge is 0.392 e. The normalized spacial score (nSPS) is 16.9. The first-order valence-corrected chi connectivity index (χ1v) is 10.4. The second-order valence-electron chi connectivity index (χ2n) is 8.33. The van der Waals surface area contributed by atoms with Crippen molar-refractivity contribution in [3.8, 4) is 11.4 Å². The zero-order valence-electron chi connectivity index (χ0n) is 17.8. The average molecular weight is 409 g/mol. The average Bonchev–Trinajstić information content (AvgIpc) is 3.09. The van der Waals surface area contributed by atoms with Crippen LogP contribution in [0.25, 0.3) is 22.4 Å². The van der Waals surface area contributed by atoms with Crippen LogP contribution in [0.2, 0.25) is 0 Å². The lowest BCUT2D eigenvalue weighted by Gasteiger charge is -2.32. The first-order valence-electron chi connectivity index (χ1n) is 10.4. The summed E-state index contributed by atoms with van der Waals surface area (Å²) in [5.74, 6) is 1.26. The molecule has 158 valence electrons. The minimum absolute atomic E-state index is 0.0200. The van der Waals surface area contributed by atoms with Crippen LogP contribution in [0.1, 0.15) is 30.9 Å². The maximum atomic E-state index is 12.2. The van der Waals surface area contributed by atoms with E-state index < -0.39 is 0 Å². The van der Waals surface area contributed by atoms with E-state index in [2.05, 4.69) is 4.57 Å². The van der Waals surface area contributed by atoms with Crippen LogP contribution in [0, 0.1) is 12.8 Å². The standard InChI is InChI=1S/C23H28N4O3/c1-15-9-19(13-25(3)23(15)30)22-24-20-10-17(14-28)6-7-21(20)27(22)12-18-5-4-8-26(11-18)16(2)29/h6-7,9-10,13,18,28H,4-5,8,11-12,14H2,1-3H3/t18-/m1/s1. The summed E-state index contributed by atoms with van der Waals surface area (Å²) < 4.78 is 3.79. The molecule has 0 saturated carbocycles. The van der Waals surface area contributed by atoms with Gasteiger partial charge in [-0.3, -0.25) is 9.59 Å². The predicted octanol–water partition coefficient (Wildman–Crippen LogP) is 2.46. The van der Waals surface area contributed by atoms with Crippen molar-refractivity contribution in [1.29, 1.82) is 0 Å². The lowest BCUT2D eigenvalue weighted by molar-refractivity contribution is -0.130. The third kappa shape index (κ3) is 3.77. The SMILES string of the molecule is CC(=O)N1CCC[C@@H](Cn2c(-c3cc(C)c(=O)n(C)c3)nc3cc(CO)ccc32)C1. The Morgan fingerprint density at radius 1 is 1.30 bits per heavy atom. The van der Waals surface area contributed by atoms with E-state index in [0.717, 1.165) is 60.5 Å². The number of piperidine rings is 1. The molecule has 1 aromatic carbocycles. The zero-order valence-corrected chi connectivity index (χ0v) is 17.8. The second kappa shape index (κ2) is 8.07. The van der Waals surface area contributed by atoms with E-state index >= 15 is 0 Å². The van der Waals surface area contributed by atoms with Crippen LogP contribution in [0.3, 0.4) is 0 Å². The van der Waals surface area contributed by atoms with Crippen molar-refractivity contribution >= 4 is 16.9 Å². The Bertz CT molecular complexity index is 1130. The number of aryl methyl sites for hydroxylation is 2. The van der Waals surface area contributed by atoms with Gasteiger partial charge in [0.2, 0.25) is 5.91 Å². The molecule has 7 heteroatoms. The van der Waals surface area contributed by atoms with Gasteiger partial charge < -0.3 is 19.1 Å². The number of aliphatic hydroxyl groups excluding tert-OH is 1. The van der Waals surface area contributed by atoms with Gasteiger partial charge in [0.15, 0.2) is 0 Å². The summed E-state index contributed by atoms with van der Waals surface area (Å²) in [6.07, 6.45) is 3.88. The maximum Gasteiger partial charge on any atom is 0.253 e. The first-order chi connectivity index (χ1) is 14.4. The molecule has 2 aromatic heterocycles. The van der Waals surface area contributed by atoms with Crippen molar-refractivity contribution in [3.05, 3.63) is 51.9 Å². The number of carbonyl (C=O) groups excluding carboxylic acids is 1. The number of aromatic nitrogens is 3. The summed E-state index contributed by atoms with van der Waals surface area (Å²) in [7, 11) is 1.75. The summed E-state index contributed by atoms with van der Waals surface area (Å²) in [4.78, 5) is 30.9. The van der Waals surface area contributed by atoms with Crippen molar-refractivity contribution in [2.75, 3.05) is 13.1 Å². The highest BCUT2D eigenvalue weighted by Gasteiger charge is 2.24. The van der Waals surface area contributed by atoms with Crippen LogP contribution in [0.4, 0.5) is 0 Å². The molecular weight excluding hydrogens is 380 g/mol. The number of hydrogen-bond donors (Lipinski definition) is 1. The number of amides is 1. The summed E-state index contributed by atoms with van der Waals surface area (Å²) in [5.41, 5.74) is 4.17. The van der Waals surface area contributed by atoms with Crippen molar-refractivity contribution in [1.82, 2.24) is 19.0 Å². The molecule has 1 aliphatic rings. The molecule has 1 fully saturated rings. The van der Waals surface area contributed by atoms with Crippen molar-refractivity contribution in [3.63, 3.8) is 0 Å². The molecule has 0 bridgehead atoms. The number of imidazole rings is 1. The Kier molecular flexibility index (Phi) is 5.47. The molecule has 1 saturated heterocycles. The van der Waals surface area contributed by atoms with E-state index in [4.69, 9.17) is 4.98 Å². The van der Waals surface area contributed by atoms with Gasteiger partial charge in [0.25, 0.3) is 5.56 Å². The van der Waals surface area contributed by atoms with Crippen LogP contribution in [0.5, 0.6) is 0 Å². The fraction of sp³-hybridized carbons (Fsp3) is 0.435. The van der Waals surface area contributed by atoms with Gasteiger partial charge in [0.1, 0.15) is 5.82 Å². The third-order valence-corrected chi connectivity index (χ3v) is 6.02. The van der Waals surface area contributed by atoms with E-state index in [1.165, 1.54) is 0 Å². The molecule has 0 radical (unpaired) electrons. The van der Waals surface area contributed by atoms with Crippen LogP contribution in [-0.2, 0) is 25.0 Å². The number of aliphatic hydroxyl groups is 1. The monoisotopic (exact) mass is 408 g/mol. The zero-order chi connectivity index (χ0) is 21.4. The molecule has 1 N–H and O–H groups in total. The molecular formula is C23H28N4O3. The molecule has 3 aromatic rings. The van der Waals surface area contributed by atoms with Gasteiger partial charge in [-0.15, -0.1) is 0 Å². The van der Waals surface area contributed by atoms with Gasteiger partial charge in [-0.2, -0.15) is 0 Å². The van der Waals surface area contributed by atoms with Gasteiger partial charge in [0.05, 0.1) is 17.6 Å². The molecule has 0 aliphatic carbocycles. The Labute approximate surface area is 175 Å². The molecule has 1 aliphatic heterocycles. The van der Waals surface area contributed by atoms with Crippen molar-refractivity contribution in [2.45, 2.75) is 39.8 Å². The number of pyridine rings is 1. The highest BCUT2D eigenvalue weighted by Crippen LogP contribution is 2.29. The minimum Gasteiger partial charge on any atom is -0.392 e. The maximum absolute atomic E-state index is 12.2. The Morgan fingerprint density at radius 2 is 2.10 bits per heavy atom. The van der Waals surface area contributed by atoms with E-state index in [1.807, 2.05) is 42.3 Å². The van der Waals surface area contributed by atoms with E-state index in [9.17, 15) is 14.7 Å². The summed E-state index contributed by atoms with van der Waals surface area (Å²) in [6, 6.07) is 7.71. The quantitative estimate of drug-likeness (QED) is 0.719. The predicted molar refractivity (Wildman–Crippen MR) is 116 cm³/mol. The Balaban J connectivity index is 1.81. The lowest BCUT2D eigenvalue weighted by atomic mass is 9.97. The number of rotatable bonds is 4. The fourth-order valence-corrected chi connectivity index (χ4v) is 4.44. The number of benzene rings is 1. The molecule has 0 unspecified atom stereocenters. The number of nitrogens with zero attached hydrogens (tertiary/aromatic N) is 4. The Hall–Kier alpha value is -2.93. The molecule has 1 amide bonds. The number of likely N-dealkylation sites (tertiary alicyclic amines) is 1. The first kappa shape index (κ1) is 20.3. The molecule has 4 rings (SSSR count). The third-order valence-electron chi connectivity index (χ3n) is 6.02. The van der Waals surface area contributed by atoms with Gasteiger partial charge in [0, 0.05) is 50.9 Å². The van der Waals surface area contributed by atoms with Crippen LogP contribution < -0.4 is 5.56 Å². The minimum atomic E-state index is -0.0344. The highest BCUT2D eigenvalue weighted by molar-refractivity contribution is 5.81. The van der Waals surface area contributed by atoms with E-state index in [1.54, 1.807) is 18.5 Å². The summed E-state index contributed by atoms with van der Waals surface area (Å²) in [5, 5.41) is 9.53. The molecule has 1 atom stereocenters. The smallest absolute Gasteiger partial charge is 0.253 e. The molecule has 3 heterocycles. The fourth-order valence-electron chi connectivity index (χ4n) is 4.44. The van der Waals surface area contributed by atoms with Crippen molar-refractivity contribution < 1.29 is 9.90 Å². The van der Waals surface area contributed by atoms with Gasteiger partial charge >= 0.3 is 0 Å². The Morgan fingerprint density at radius 3 is 2.80 bits per heavy atom. The van der Waals surface area contributed by atoms with Crippen LogP contribution in [0.15, 0.2) is 35.3 Å². The number of carbonyl (C=O) groups is 1. The molecule has 30 heavy (non-hydrogen) atoms. The molecule has 7 nitrogen and oxygen atoms in total. The van der Waals surface area contributed by atoms with Crippen LogP contribution in [-0.4, -0.2) is 43.1 Å². The topological polar surface area (TPSA) is 80.4 Å².